The van der Waals surface area contributed by atoms with Gasteiger partial charge in [-0.1, -0.05) is 30.3 Å². The summed E-state index contributed by atoms with van der Waals surface area (Å²) in [5.74, 6) is 1.01. The van der Waals surface area contributed by atoms with Crippen LogP contribution < -0.4 is 0 Å². The minimum Gasteiger partial charge on any atom is -0.328 e. The van der Waals surface area contributed by atoms with Crippen LogP contribution in [-0.2, 0) is 5.75 Å². The van der Waals surface area contributed by atoms with E-state index in [1.54, 1.807) is 17.8 Å². The smallest absolute Gasteiger partial charge is 0.255 e. The molecule has 1 aromatic heterocycles. The second-order valence-corrected chi connectivity index (χ2v) is 6.46. The number of hydrogen-bond donors (Lipinski definition) is 0. The summed E-state index contributed by atoms with van der Waals surface area (Å²) in [6, 6.07) is 19.0. The molecule has 0 spiro atoms. The van der Waals surface area contributed by atoms with Crippen molar-refractivity contribution in [2.45, 2.75) is 10.6 Å². The highest BCUT2D eigenvalue weighted by Gasteiger charge is 2.16. The molecule has 0 radical (unpaired) electrons. The van der Waals surface area contributed by atoms with Gasteiger partial charge in [-0.3, -0.25) is 4.79 Å². The Kier molecular flexibility index (Phi) is 5.61. The summed E-state index contributed by atoms with van der Waals surface area (Å²) >= 11 is 1.48. The van der Waals surface area contributed by atoms with E-state index in [-0.39, 0.29) is 12.5 Å². The molecule has 3 aromatic rings. The van der Waals surface area contributed by atoms with E-state index in [1.165, 1.54) is 16.7 Å². The Labute approximate surface area is 155 Å². The summed E-state index contributed by atoms with van der Waals surface area (Å²) in [4.78, 5) is 14.7. The van der Waals surface area contributed by atoms with Gasteiger partial charge in [-0.25, -0.2) is 0 Å². The van der Waals surface area contributed by atoms with Gasteiger partial charge in [0.2, 0.25) is 0 Å². The first kappa shape index (κ1) is 17.6. The number of nitrogens with zero attached hydrogens (tertiary/aromatic N) is 6. The van der Waals surface area contributed by atoms with Gasteiger partial charge in [-0.15, -0.1) is 16.9 Å². The standard InChI is InChI=1S/C18H16N6OS/c1-23(12-11-19)18(25)15-9-5-6-10-16(15)26-13-17-20-21-22-24(17)14-7-3-2-4-8-14/h2-10H,12-13H2,1H3. The number of amides is 1. The van der Waals surface area contributed by atoms with Crippen molar-refractivity contribution < 1.29 is 4.79 Å². The number of carbonyl (C=O) groups excluding carboxylic acids is 1. The van der Waals surface area contributed by atoms with Gasteiger partial charge in [-0.05, 0) is 34.7 Å². The monoisotopic (exact) mass is 364 g/mol. The Morgan fingerprint density at radius 2 is 1.92 bits per heavy atom. The second kappa shape index (κ2) is 8.27. The fourth-order valence-corrected chi connectivity index (χ4v) is 3.31. The molecule has 8 heteroatoms. The van der Waals surface area contributed by atoms with Gasteiger partial charge >= 0.3 is 0 Å². The third-order valence-electron chi connectivity index (χ3n) is 3.66. The van der Waals surface area contributed by atoms with Crippen molar-refractivity contribution in [2.75, 3.05) is 13.6 Å². The van der Waals surface area contributed by atoms with Crippen LogP contribution in [0, 0.1) is 11.3 Å². The van der Waals surface area contributed by atoms with Crippen LogP contribution in [0.5, 0.6) is 0 Å². The van der Waals surface area contributed by atoms with Crippen LogP contribution in [0.25, 0.3) is 5.69 Å². The molecule has 0 aliphatic heterocycles. The van der Waals surface area contributed by atoms with Crippen LogP contribution in [0.1, 0.15) is 16.2 Å². The molecule has 0 saturated carbocycles. The Hall–Kier alpha value is -3.18. The van der Waals surface area contributed by atoms with Crippen molar-refractivity contribution in [2.24, 2.45) is 0 Å². The van der Waals surface area contributed by atoms with Gasteiger partial charge in [0.25, 0.3) is 5.91 Å². The predicted octanol–water partition coefficient (Wildman–Crippen LogP) is 2.55. The Morgan fingerprint density at radius 1 is 1.19 bits per heavy atom. The van der Waals surface area contributed by atoms with Crippen LogP contribution in [-0.4, -0.2) is 44.6 Å². The highest BCUT2D eigenvalue weighted by Crippen LogP contribution is 2.27. The number of hydrogen-bond acceptors (Lipinski definition) is 6. The number of tetrazole rings is 1. The maximum Gasteiger partial charge on any atom is 0.255 e. The largest absolute Gasteiger partial charge is 0.328 e. The molecule has 0 unspecified atom stereocenters. The van der Waals surface area contributed by atoms with Crippen molar-refractivity contribution in [3.8, 4) is 11.8 Å². The van der Waals surface area contributed by atoms with E-state index >= 15 is 0 Å². The molecular formula is C18H16N6OS. The summed E-state index contributed by atoms with van der Waals surface area (Å²) in [5, 5.41) is 20.7. The quantitative estimate of drug-likeness (QED) is 0.493. The molecule has 0 bridgehead atoms. The Bertz CT molecular complexity index is 934. The van der Waals surface area contributed by atoms with E-state index in [9.17, 15) is 4.79 Å². The number of para-hydroxylation sites is 1. The SMILES string of the molecule is CN(CC#N)C(=O)c1ccccc1SCc1nnnn1-c1ccccc1. The molecule has 1 amide bonds. The number of carbonyl (C=O) groups is 1. The molecule has 0 aliphatic rings. The Morgan fingerprint density at radius 3 is 2.69 bits per heavy atom. The third-order valence-corrected chi connectivity index (χ3v) is 4.73. The summed E-state index contributed by atoms with van der Waals surface area (Å²) in [6.45, 7) is 0.0457. The number of rotatable bonds is 6. The summed E-state index contributed by atoms with van der Waals surface area (Å²) in [5.41, 5.74) is 1.44. The van der Waals surface area contributed by atoms with Crippen molar-refractivity contribution >= 4 is 17.7 Å². The number of thioether (sulfide) groups is 1. The van der Waals surface area contributed by atoms with E-state index < -0.39 is 0 Å². The minimum absolute atomic E-state index is 0.0457. The zero-order valence-electron chi connectivity index (χ0n) is 14.1. The van der Waals surface area contributed by atoms with Crippen LogP contribution in [0.3, 0.4) is 0 Å². The van der Waals surface area contributed by atoms with Crippen LogP contribution in [0.15, 0.2) is 59.5 Å². The fraction of sp³-hybridized carbons (Fsp3) is 0.167. The zero-order valence-corrected chi connectivity index (χ0v) is 14.9. The van der Waals surface area contributed by atoms with Crippen LogP contribution >= 0.6 is 11.8 Å². The molecule has 2 aromatic carbocycles. The van der Waals surface area contributed by atoms with Gasteiger partial charge in [0, 0.05) is 11.9 Å². The lowest BCUT2D eigenvalue weighted by Gasteiger charge is -2.15. The first-order chi connectivity index (χ1) is 12.7. The maximum atomic E-state index is 12.5. The van der Waals surface area contributed by atoms with Gasteiger partial charge in [0.05, 0.1) is 23.1 Å². The van der Waals surface area contributed by atoms with Gasteiger partial charge in [0.1, 0.15) is 6.54 Å². The second-order valence-electron chi connectivity index (χ2n) is 5.45. The molecule has 7 nitrogen and oxygen atoms in total. The van der Waals surface area contributed by atoms with E-state index in [0.29, 0.717) is 17.1 Å². The average molecular weight is 364 g/mol. The molecule has 0 atom stereocenters. The van der Waals surface area contributed by atoms with E-state index in [0.717, 1.165) is 10.6 Å². The minimum atomic E-state index is -0.183. The molecule has 3 rings (SSSR count). The number of aromatic nitrogens is 4. The van der Waals surface area contributed by atoms with Crippen LogP contribution in [0.2, 0.25) is 0 Å². The molecule has 26 heavy (non-hydrogen) atoms. The lowest BCUT2D eigenvalue weighted by Crippen LogP contribution is -2.27. The third kappa shape index (κ3) is 3.90. The lowest BCUT2D eigenvalue weighted by atomic mass is 10.2. The lowest BCUT2D eigenvalue weighted by molar-refractivity contribution is 0.0808. The predicted molar refractivity (Wildman–Crippen MR) is 97.7 cm³/mol. The average Bonchev–Trinajstić information content (AvgIpc) is 3.15. The molecule has 0 N–H and O–H groups in total. The highest BCUT2D eigenvalue weighted by molar-refractivity contribution is 7.98. The van der Waals surface area contributed by atoms with Crippen molar-refractivity contribution in [3.05, 3.63) is 66.0 Å². The van der Waals surface area contributed by atoms with Gasteiger partial charge in [0.15, 0.2) is 5.82 Å². The summed E-state index contributed by atoms with van der Waals surface area (Å²) in [7, 11) is 1.61. The summed E-state index contributed by atoms with van der Waals surface area (Å²) in [6.07, 6.45) is 0. The summed E-state index contributed by atoms with van der Waals surface area (Å²) < 4.78 is 1.68. The van der Waals surface area contributed by atoms with E-state index in [4.69, 9.17) is 5.26 Å². The van der Waals surface area contributed by atoms with Crippen LogP contribution in [0.4, 0.5) is 0 Å². The molecule has 0 fully saturated rings. The molecular weight excluding hydrogens is 348 g/mol. The zero-order chi connectivity index (χ0) is 18.4. The topological polar surface area (TPSA) is 87.7 Å². The first-order valence-electron chi connectivity index (χ1n) is 7.87. The molecule has 1 heterocycles. The number of benzene rings is 2. The van der Waals surface area contributed by atoms with Gasteiger partial charge in [-0.2, -0.15) is 9.94 Å². The fourth-order valence-electron chi connectivity index (χ4n) is 2.36. The maximum absolute atomic E-state index is 12.5. The normalized spacial score (nSPS) is 10.3. The van der Waals surface area contributed by atoms with Crippen molar-refractivity contribution in [3.63, 3.8) is 0 Å². The molecule has 130 valence electrons. The molecule has 0 saturated heterocycles. The Balaban J connectivity index is 1.79. The highest BCUT2D eigenvalue weighted by atomic mass is 32.2. The van der Waals surface area contributed by atoms with E-state index in [1.807, 2.05) is 54.6 Å². The number of nitriles is 1. The van der Waals surface area contributed by atoms with E-state index in [2.05, 4.69) is 15.5 Å². The van der Waals surface area contributed by atoms with Crippen molar-refractivity contribution in [1.82, 2.24) is 25.1 Å². The molecule has 0 aliphatic carbocycles. The van der Waals surface area contributed by atoms with Gasteiger partial charge < -0.3 is 4.90 Å². The first-order valence-corrected chi connectivity index (χ1v) is 8.86. The van der Waals surface area contributed by atoms with Crippen molar-refractivity contribution in [1.29, 1.82) is 5.26 Å².